The highest BCUT2D eigenvalue weighted by Gasteiger charge is 2.25. The van der Waals surface area contributed by atoms with Crippen molar-refractivity contribution in [3.8, 4) is 11.5 Å². The van der Waals surface area contributed by atoms with Crippen LogP contribution in [0.25, 0.3) is 17.0 Å². The van der Waals surface area contributed by atoms with Crippen molar-refractivity contribution in [3.63, 3.8) is 0 Å². The predicted octanol–water partition coefficient (Wildman–Crippen LogP) is 3.66. The van der Waals surface area contributed by atoms with Crippen molar-refractivity contribution in [2.75, 3.05) is 5.32 Å². The van der Waals surface area contributed by atoms with Crippen LogP contribution in [0.2, 0.25) is 0 Å². The SMILES string of the molecule is Cc1cccnc1NC(=O)c1nc(-c2ccnn2C2CCCC2)n2ccncc12. The van der Waals surface area contributed by atoms with Crippen molar-refractivity contribution in [2.24, 2.45) is 0 Å². The zero-order chi connectivity index (χ0) is 19.8. The molecule has 146 valence electrons. The molecule has 0 spiro atoms. The molecule has 4 heterocycles. The highest BCUT2D eigenvalue weighted by atomic mass is 16.2. The lowest BCUT2D eigenvalue weighted by atomic mass is 10.2. The first-order valence-electron chi connectivity index (χ1n) is 9.81. The summed E-state index contributed by atoms with van der Waals surface area (Å²) in [6, 6.07) is 6.07. The second-order valence-electron chi connectivity index (χ2n) is 7.34. The van der Waals surface area contributed by atoms with Crippen molar-refractivity contribution in [1.82, 2.24) is 29.1 Å². The van der Waals surface area contributed by atoms with Crippen molar-refractivity contribution in [3.05, 3.63) is 60.4 Å². The number of pyridine rings is 1. The van der Waals surface area contributed by atoms with Crippen LogP contribution in [0.4, 0.5) is 5.82 Å². The number of aryl methyl sites for hydroxylation is 1. The van der Waals surface area contributed by atoms with Crippen LogP contribution >= 0.6 is 0 Å². The second kappa shape index (κ2) is 7.12. The van der Waals surface area contributed by atoms with Gasteiger partial charge in [0.05, 0.1) is 17.8 Å². The van der Waals surface area contributed by atoms with E-state index in [2.05, 4.69) is 20.4 Å². The molecule has 0 aromatic carbocycles. The molecular weight excluding hydrogens is 366 g/mol. The molecule has 1 aliphatic carbocycles. The molecule has 0 radical (unpaired) electrons. The zero-order valence-electron chi connectivity index (χ0n) is 16.1. The van der Waals surface area contributed by atoms with Crippen LogP contribution in [0.5, 0.6) is 0 Å². The number of carbonyl (C=O) groups is 1. The van der Waals surface area contributed by atoms with E-state index in [1.807, 2.05) is 40.4 Å². The lowest BCUT2D eigenvalue weighted by Crippen LogP contribution is -2.15. The second-order valence-corrected chi connectivity index (χ2v) is 7.34. The Bertz CT molecular complexity index is 1190. The van der Waals surface area contributed by atoms with E-state index in [1.54, 1.807) is 24.8 Å². The van der Waals surface area contributed by atoms with Crippen LogP contribution in [-0.4, -0.2) is 35.0 Å². The first-order valence-corrected chi connectivity index (χ1v) is 9.81. The molecule has 5 rings (SSSR count). The van der Waals surface area contributed by atoms with Crippen LogP contribution in [0, 0.1) is 6.92 Å². The van der Waals surface area contributed by atoms with Gasteiger partial charge in [0.2, 0.25) is 0 Å². The number of nitrogens with zero attached hydrogens (tertiary/aromatic N) is 6. The standard InChI is InChI=1S/C21H21N7O/c1-14-5-4-9-23-19(14)26-21(29)18-17-13-22-11-12-27(17)20(25-18)16-8-10-24-28(16)15-6-2-3-7-15/h4-5,8-13,15H,2-3,6-7H2,1H3,(H,23,26,29). The average Bonchev–Trinajstić information content (AvgIpc) is 3.48. The largest absolute Gasteiger partial charge is 0.305 e. The van der Waals surface area contributed by atoms with Crippen LogP contribution in [-0.2, 0) is 0 Å². The van der Waals surface area contributed by atoms with E-state index in [0.29, 0.717) is 28.9 Å². The van der Waals surface area contributed by atoms with E-state index in [0.717, 1.165) is 24.1 Å². The molecule has 0 saturated heterocycles. The number of nitrogens with one attached hydrogen (secondary N) is 1. The molecule has 4 aromatic rings. The number of imidazole rings is 1. The number of amides is 1. The molecule has 0 bridgehead atoms. The van der Waals surface area contributed by atoms with E-state index >= 15 is 0 Å². The molecule has 8 nitrogen and oxygen atoms in total. The number of hydrogen-bond acceptors (Lipinski definition) is 5. The number of carbonyl (C=O) groups excluding carboxylic acids is 1. The third kappa shape index (κ3) is 3.06. The highest BCUT2D eigenvalue weighted by molar-refractivity contribution is 6.07. The van der Waals surface area contributed by atoms with Gasteiger partial charge < -0.3 is 5.32 Å². The van der Waals surface area contributed by atoms with Gasteiger partial charge in [-0.05, 0) is 37.5 Å². The first-order chi connectivity index (χ1) is 14.2. The molecule has 1 saturated carbocycles. The van der Waals surface area contributed by atoms with Crippen molar-refractivity contribution < 1.29 is 4.79 Å². The minimum atomic E-state index is -0.310. The van der Waals surface area contributed by atoms with Gasteiger partial charge in [0.25, 0.3) is 5.91 Å². The maximum Gasteiger partial charge on any atom is 0.277 e. The summed E-state index contributed by atoms with van der Waals surface area (Å²) in [5.74, 6) is 0.908. The number of hydrogen-bond donors (Lipinski definition) is 1. The summed E-state index contributed by atoms with van der Waals surface area (Å²) in [6.07, 6.45) is 13.3. The Kier molecular flexibility index (Phi) is 4.31. The summed E-state index contributed by atoms with van der Waals surface area (Å²) in [7, 11) is 0. The molecule has 4 aromatic heterocycles. The molecule has 1 aliphatic rings. The van der Waals surface area contributed by atoms with Gasteiger partial charge in [0.1, 0.15) is 11.5 Å². The molecule has 0 aliphatic heterocycles. The van der Waals surface area contributed by atoms with Crippen molar-refractivity contribution >= 4 is 17.2 Å². The van der Waals surface area contributed by atoms with Gasteiger partial charge >= 0.3 is 0 Å². The maximum absolute atomic E-state index is 13.0. The Balaban J connectivity index is 1.58. The molecule has 0 atom stereocenters. The monoisotopic (exact) mass is 387 g/mol. The fourth-order valence-electron chi connectivity index (χ4n) is 4.00. The van der Waals surface area contributed by atoms with Gasteiger partial charge in [-0.25, -0.2) is 9.97 Å². The van der Waals surface area contributed by atoms with E-state index in [4.69, 9.17) is 4.98 Å². The summed E-state index contributed by atoms with van der Waals surface area (Å²) in [5, 5.41) is 7.42. The third-order valence-electron chi connectivity index (χ3n) is 5.47. The first kappa shape index (κ1) is 17.5. The molecule has 0 unspecified atom stereocenters. The van der Waals surface area contributed by atoms with Crippen LogP contribution in [0.1, 0.15) is 47.8 Å². The molecular formula is C21H21N7O. The number of aromatic nitrogens is 6. The summed E-state index contributed by atoms with van der Waals surface area (Å²) < 4.78 is 3.95. The third-order valence-corrected chi connectivity index (χ3v) is 5.47. The smallest absolute Gasteiger partial charge is 0.277 e. The topological polar surface area (TPSA) is 90.0 Å². The molecule has 29 heavy (non-hydrogen) atoms. The quantitative estimate of drug-likeness (QED) is 0.577. The zero-order valence-corrected chi connectivity index (χ0v) is 16.1. The summed E-state index contributed by atoms with van der Waals surface area (Å²) >= 11 is 0. The Hall–Kier alpha value is -3.55. The highest BCUT2D eigenvalue weighted by Crippen LogP contribution is 2.33. The number of fused-ring (bicyclic) bond motifs is 1. The summed E-state index contributed by atoms with van der Waals surface area (Å²) in [5.41, 5.74) is 2.76. The van der Waals surface area contributed by atoms with Gasteiger partial charge in [0, 0.05) is 24.8 Å². The van der Waals surface area contributed by atoms with Gasteiger partial charge in [-0.15, -0.1) is 0 Å². The van der Waals surface area contributed by atoms with Gasteiger partial charge in [-0.2, -0.15) is 5.10 Å². The summed E-state index contributed by atoms with van der Waals surface area (Å²) in [6.45, 7) is 1.90. The Labute approximate surface area is 167 Å². The molecule has 1 amide bonds. The average molecular weight is 387 g/mol. The van der Waals surface area contributed by atoms with Gasteiger partial charge in [-0.3, -0.25) is 18.9 Å². The van der Waals surface area contributed by atoms with Crippen molar-refractivity contribution in [2.45, 2.75) is 38.6 Å². The van der Waals surface area contributed by atoms with Crippen LogP contribution in [0.3, 0.4) is 0 Å². The van der Waals surface area contributed by atoms with E-state index in [-0.39, 0.29) is 5.91 Å². The molecule has 1 fully saturated rings. The Morgan fingerprint density at radius 1 is 1.17 bits per heavy atom. The maximum atomic E-state index is 13.0. The minimum Gasteiger partial charge on any atom is -0.305 e. The Morgan fingerprint density at radius 2 is 2.03 bits per heavy atom. The van der Waals surface area contributed by atoms with E-state index < -0.39 is 0 Å². The van der Waals surface area contributed by atoms with E-state index in [9.17, 15) is 4.79 Å². The molecule has 1 N–H and O–H groups in total. The Morgan fingerprint density at radius 3 is 2.86 bits per heavy atom. The van der Waals surface area contributed by atoms with Crippen molar-refractivity contribution in [1.29, 1.82) is 0 Å². The van der Waals surface area contributed by atoms with Gasteiger partial charge in [0.15, 0.2) is 11.5 Å². The number of rotatable bonds is 4. The predicted molar refractivity (Wildman–Crippen MR) is 109 cm³/mol. The van der Waals surface area contributed by atoms with Crippen LogP contribution < -0.4 is 5.32 Å². The normalized spacial score (nSPS) is 14.5. The fraction of sp³-hybridized carbons (Fsp3) is 0.286. The van der Waals surface area contributed by atoms with Crippen LogP contribution in [0.15, 0.2) is 49.2 Å². The fourth-order valence-corrected chi connectivity index (χ4v) is 4.00. The van der Waals surface area contributed by atoms with E-state index in [1.165, 1.54) is 12.8 Å². The lowest BCUT2D eigenvalue weighted by Gasteiger charge is -2.13. The number of anilines is 1. The lowest BCUT2D eigenvalue weighted by molar-refractivity contribution is 0.102. The molecule has 8 heteroatoms. The summed E-state index contributed by atoms with van der Waals surface area (Å²) in [4.78, 5) is 26.2. The minimum absolute atomic E-state index is 0.310. The van der Waals surface area contributed by atoms with Gasteiger partial charge in [-0.1, -0.05) is 18.9 Å².